The van der Waals surface area contributed by atoms with Gasteiger partial charge >= 0.3 is 5.97 Å². The molecule has 37 heavy (non-hydrogen) atoms. The van der Waals surface area contributed by atoms with E-state index in [2.05, 4.69) is 5.32 Å². The number of phenols is 1. The molecule has 8 nitrogen and oxygen atoms in total. The van der Waals surface area contributed by atoms with Gasteiger partial charge in [0.05, 0.1) is 11.4 Å². The van der Waals surface area contributed by atoms with Gasteiger partial charge in [0, 0.05) is 23.7 Å². The molecule has 1 saturated heterocycles. The van der Waals surface area contributed by atoms with Crippen molar-refractivity contribution in [3.05, 3.63) is 77.1 Å². The number of carbonyl (C=O) groups is 3. The van der Waals surface area contributed by atoms with Crippen molar-refractivity contribution < 1.29 is 34.1 Å². The van der Waals surface area contributed by atoms with Crippen LogP contribution in [0.15, 0.2) is 54.6 Å². The standard InChI is InChI=1S/C27H26ClFN2O6/c1-14-20(11-19(29)12-23(14)32)25(34)30-21(9-15-6-7-16-4-2-3-5-17(16)8-15)24(33)26(35)31-13-18(28)10-22(31)27(36)37/h2-8,11-12,18,21-22,24,32-33H,9-10,13H2,1H3,(H,30,34)(H,36,37)/t18-,21-,22-,24-/m0/s1. The Morgan fingerprint density at radius 3 is 2.54 bits per heavy atom. The van der Waals surface area contributed by atoms with Crippen molar-refractivity contribution in [2.75, 3.05) is 6.54 Å². The van der Waals surface area contributed by atoms with Crippen LogP contribution < -0.4 is 5.32 Å². The Balaban J connectivity index is 1.66. The van der Waals surface area contributed by atoms with Gasteiger partial charge in [-0.2, -0.15) is 0 Å². The van der Waals surface area contributed by atoms with Crippen LogP contribution in [0.4, 0.5) is 4.39 Å². The zero-order valence-corrected chi connectivity index (χ0v) is 20.7. The van der Waals surface area contributed by atoms with E-state index in [1.165, 1.54) is 6.92 Å². The van der Waals surface area contributed by atoms with Crippen molar-refractivity contribution >= 4 is 40.2 Å². The quantitative estimate of drug-likeness (QED) is 0.349. The number of amides is 2. The van der Waals surface area contributed by atoms with Crippen molar-refractivity contribution in [3.8, 4) is 5.75 Å². The molecule has 0 aromatic heterocycles. The molecular formula is C27H26ClFN2O6. The lowest BCUT2D eigenvalue weighted by Gasteiger charge is -2.29. The summed E-state index contributed by atoms with van der Waals surface area (Å²) in [5.74, 6) is -4.19. The van der Waals surface area contributed by atoms with Crippen LogP contribution in [-0.2, 0) is 16.0 Å². The predicted molar refractivity (Wildman–Crippen MR) is 135 cm³/mol. The number of hydrogen-bond donors (Lipinski definition) is 4. The van der Waals surface area contributed by atoms with Crippen LogP contribution in [0.3, 0.4) is 0 Å². The molecule has 1 aliphatic rings. The summed E-state index contributed by atoms with van der Waals surface area (Å²) in [6.45, 7) is 1.37. The van der Waals surface area contributed by atoms with E-state index < -0.39 is 52.9 Å². The van der Waals surface area contributed by atoms with Crippen molar-refractivity contribution in [1.82, 2.24) is 10.2 Å². The van der Waals surface area contributed by atoms with E-state index in [-0.39, 0.29) is 30.5 Å². The van der Waals surface area contributed by atoms with Crippen LogP contribution >= 0.6 is 11.6 Å². The number of fused-ring (bicyclic) bond motifs is 1. The number of carboxylic acids is 1. The van der Waals surface area contributed by atoms with E-state index in [0.29, 0.717) is 5.56 Å². The first-order valence-corrected chi connectivity index (χ1v) is 12.1. The van der Waals surface area contributed by atoms with Crippen molar-refractivity contribution in [2.24, 2.45) is 0 Å². The number of nitrogens with one attached hydrogen (secondary N) is 1. The van der Waals surface area contributed by atoms with Crippen LogP contribution in [0.25, 0.3) is 10.8 Å². The topological polar surface area (TPSA) is 127 Å². The number of halogens is 2. The number of rotatable bonds is 7. The van der Waals surface area contributed by atoms with Crippen molar-refractivity contribution in [2.45, 2.75) is 43.3 Å². The lowest BCUT2D eigenvalue weighted by Crippen LogP contribution is -2.54. The third-order valence-electron chi connectivity index (χ3n) is 6.63. The second kappa shape index (κ2) is 10.7. The molecule has 0 spiro atoms. The van der Waals surface area contributed by atoms with E-state index in [0.717, 1.165) is 27.8 Å². The predicted octanol–water partition coefficient (Wildman–Crippen LogP) is 2.99. The first-order valence-electron chi connectivity index (χ1n) is 11.7. The summed E-state index contributed by atoms with van der Waals surface area (Å²) in [5.41, 5.74) is 0.659. The average molecular weight is 529 g/mol. The first-order chi connectivity index (χ1) is 17.5. The molecule has 1 aliphatic heterocycles. The Labute approximate surface area is 217 Å². The number of aromatic hydroxyl groups is 1. The molecule has 3 aromatic carbocycles. The largest absolute Gasteiger partial charge is 0.508 e. The summed E-state index contributed by atoms with van der Waals surface area (Å²) < 4.78 is 13.9. The normalized spacial score (nSPS) is 19.0. The second-order valence-corrected chi connectivity index (χ2v) is 9.80. The Kier molecular flexibility index (Phi) is 7.65. The highest BCUT2D eigenvalue weighted by molar-refractivity contribution is 6.21. The molecule has 1 heterocycles. The number of carbonyl (C=O) groups excluding carboxylic acids is 2. The lowest BCUT2D eigenvalue weighted by molar-refractivity contribution is -0.152. The number of nitrogens with zero attached hydrogens (tertiary/aromatic N) is 1. The molecule has 194 valence electrons. The maximum atomic E-state index is 13.9. The van der Waals surface area contributed by atoms with Gasteiger partial charge in [0.2, 0.25) is 0 Å². The number of aliphatic hydroxyl groups is 1. The molecule has 0 unspecified atom stereocenters. The molecule has 0 saturated carbocycles. The summed E-state index contributed by atoms with van der Waals surface area (Å²) in [7, 11) is 0. The van der Waals surface area contributed by atoms with E-state index in [4.69, 9.17) is 11.6 Å². The Morgan fingerprint density at radius 1 is 1.14 bits per heavy atom. The Morgan fingerprint density at radius 2 is 1.84 bits per heavy atom. The molecule has 10 heteroatoms. The van der Waals surface area contributed by atoms with Gasteiger partial charge in [0.1, 0.15) is 17.6 Å². The SMILES string of the molecule is Cc1c(O)cc(F)cc1C(=O)N[C@@H](Cc1ccc2ccccc2c1)[C@H](O)C(=O)N1C[C@@H](Cl)C[C@H]1C(=O)O. The number of likely N-dealkylation sites (tertiary alicyclic amines) is 1. The third-order valence-corrected chi connectivity index (χ3v) is 6.94. The van der Waals surface area contributed by atoms with Crippen LogP contribution in [0.2, 0.25) is 0 Å². The highest BCUT2D eigenvalue weighted by Crippen LogP contribution is 2.26. The Hall–Kier alpha value is -3.69. The van der Waals surface area contributed by atoms with E-state index >= 15 is 0 Å². The van der Waals surface area contributed by atoms with Gasteiger partial charge in [-0.3, -0.25) is 9.59 Å². The fourth-order valence-electron chi connectivity index (χ4n) is 4.61. The molecule has 0 bridgehead atoms. The monoisotopic (exact) mass is 528 g/mol. The number of alkyl halides is 1. The summed E-state index contributed by atoms with van der Waals surface area (Å²) in [6, 6.07) is 12.5. The zero-order valence-electron chi connectivity index (χ0n) is 19.9. The molecule has 1 fully saturated rings. The minimum Gasteiger partial charge on any atom is -0.508 e. The molecule has 4 atom stereocenters. The van der Waals surface area contributed by atoms with E-state index in [1.54, 1.807) is 6.07 Å². The van der Waals surface area contributed by atoms with Crippen LogP contribution in [0, 0.1) is 12.7 Å². The number of aliphatic hydroxyl groups excluding tert-OH is 1. The van der Waals surface area contributed by atoms with Crippen LogP contribution in [0.1, 0.15) is 27.9 Å². The molecular weight excluding hydrogens is 503 g/mol. The molecule has 0 aliphatic carbocycles. The average Bonchev–Trinajstić information content (AvgIpc) is 3.26. The summed E-state index contributed by atoms with van der Waals surface area (Å²) in [6.07, 6.45) is -1.78. The van der Waals surface area contributed by atoms with Gasteiger partial charge in [0.15, 0.2) is 6.10 Å². The van der Waals surface area contributed by atoms with E-state index in [1.807, 2.05) is 36.4 Å². The number of benzene rings is 3. The third kappa shape index (κ3) is 5.68. The number of hydrogen-bond acceptors (Lipinski definition) is 5. The lowest BCUT2D eigenvalue weighted by atomic mass is 9.97. The number of carboxylic acid groups (broad SMARTS) is 1. The second-order valence-electron chi connectivity index (χ2n) is 9.19. The highest BCUT2D eigenvalue weighted by atomic mass is 35.5. The number of aliphatic carboxylic acids is 1. The maximum absolute atomic E-state index is 13.9. The van der Waals surface area contributed by atoms with Crippen molar-refractivity contribution in [3.63, 3.8) is 0 Å². The summed E-state index contributed by atoms with van der Waals surface area (Å²) in [4.78, 5) is 39.0. The van der Waals surface area contributed by atoms with Crippen LogP contribution in [0.5, 0.6) is 5.75 Å². The molecule has 3 aromatic rings. The Bertz CT molecular complexity index is 1370. The van der Waals surface area contributed by atoms with Crippen molar-refractivity contribution in [1.29, 1.82) is 0 Å². The summed E-state index contributed by atoms with van der Waals surface area (Å²) >= 11 is 6.10. The minimum absolute atomic E-state index is 0.0136. The van der Waals surface area contributed by atoms with Gasteiger partial charge < -0.3 is 25.5 Å². The fourth-order valence-corrected chi connectivity index (χ4v) is 4.93. The molecule has 4 rings (SSSR count). The maximum Gasteiger partial charge on any atom is 0.326 e. The smallest absolute Gasteiger partial charge is 0.326 e. The first kappa shape index (κ1) is 26.4. The van der Waals surface area contributed by atoms with Gasteiger partial charge in [-0.05, 0) is 42.2 Å². The number of phenolic OH excluding ortho intramolecular Hbond substituents is 1. The van der Waals surface area contributed by atoms with Gasteiger partial charge in [-0.1, -0.05) is 42.5 Å². The van der Waals surface area contributed by atoms with E-state index in [9.17, 15) is 34.1 Å². The zero-order chi connectivity index (χ0) is 26.9. The molecule has 4 N–H and O–H groups in total. The fraction of sp³-hybridized carbons (Fsp3) is 0.296. The van der Waals surface area contributed by atoms with Gasteiger partial charge in [0.25, 0.3) is 11.8 Å². The van der Waals surface area contributed by atoms with Gasteiger partial charge in [-0.25, -0.2) is 9.18 Å². The van der Waals surface area contributed by atoms with Crippen LogP contribution in [-0.4, -0.2) is 68.1 Å². The minimum atomic E-state index is -1.82. The molecule has 2 amide bonds. The molecule has 0 radical (unpaired) electrons. The van der Waals surface area contributed by atoms with Gasteiger partial charge in [-0.15, -0.1) is 11.6 Å². The highest BCUT2D eigenvalue weighted by Gasteiger charge is 2.43. The summed E-state index contributed by atoms with van der Waals surface area (Å²) in [5, 5.41) is 34.5.